The van der Waals surface area contributed by atoms with Crippen molar-refractivity contribution >= 4 is 5.97 Å². The van der Waals surface area contributed by atoms with Gasteiger partial charge in [0.2, 0.25) is 0 Å². The van der Waals surface area contributed by atoms with E-state index in [4.69, 9.17) is 10.8 Å². The zero-order chi connectivity index (χ0) is 11.3. The van der Waals surface area contributed by atoms with Gasteiger partial charge in [-0.2, -0.15) is 0 Å². The van der Waals surface area contributed by atoms with Crippen LogP contribution >= 0.6 is 0 Å². The van der Waals surface area contributed by atoms with Crippen LogP contribution in [-0.2, 0) is 4.79 Å². The normalized spacial score (nSPS) is 19.9. The first-order valence-corrected chi connectivity index (χ1v) is 6.05. The summed E-state index contributed by atoms with van der Waals surface area (Å²) in [6.07, 6.45) is 7.50. The Labute approximate surface area is 92.0 Å². The highest BCUT2D eigenvalue weighted by Gasteiger charge is 2.21. The van der Waals surface area contributed by atoms with Gasteiger partial charge in [0.15, 0.2) is 0 Å². The molecule has 1 aliphatic rings. The largest absolute Gasteiger partial charge is 0.481 e. The molecule has 0 radical (unpaired) electrons. The van der Waals surface area contributed by atoms with E-state index in [0.717, 1.165) is 18.8 Å². The molecule has 0 aromatic heterocycles. The SMILES string of the molecule is C[C@@H](CCC1CC1)CC[C@H](N)CC(=O)O. The molecule has 0 saturated heterocycles. The third-order valence-electron chi connectivity index (χ3n) is 3.23. The Balaban J connectivity index is 1.98. The molecule has 0 amide bonds. The molecule has 3 N–H and O–H groups in total. The Bertz CT molecular complexity index is 202. The molecule has 0 spiro atoms. The Morgan fingerprint density at radius 3 is 2.60 bits per heavy atom. The second-order valence-corrected chi connectivity index (χ2v) is 5.06. The molecule has 0 aromatic carbocycles. The van der Waals surface area contributed by atoms with Gasteiger partial charge in [0.05, 0.1) is 6.42 Å². The van der Waals surface area contributed by atoms with E-state index in [0.29, 0.717) is 5.92 Å². The lowest BCUT2D eigenvalue weighted by atomic mass is 9.95. The van der Waals surface area contributed by atoms with Crippen LogP contribution in [0.25, 0.3) is 0 Å². The predicted octanol–water partition coefficient (Wildman–Crippen LogP) is 2.39. The number of rotatable bonds is 8. The molecule has 0 unspecified atom stereocenters. The molecule has 3 nitrogen and oxygen atoms in total. The van der Waals surface area contributed by atoms with Gasteiger partial charge < -0.3 is 10.8 Å². The van der Waals surface area contributed by atoms with Gasteiger partial charge in [-0.15, -0.1) is 0 Å². The van der Waals surface area contributed by atoms with E-state index in [2.05, 4.69) is 6.92 Å². The molecule has 15 heavy (non-hydrogen) atoms. The smallest absolute Gasteiger partial charge is 0.304 e. The highest BCUT2D eigenvalue weighted by molar-refractivity contribution is 5.67. The molecule has 0 aromatic rings. The molecule has 0 bridgehead atoms. The number of nitrogens with two attached hydrogens (primary N) is 1. The minimum Gasteiger partial charge on any atom is -0.481 e. The molecule has 1 aliphatic carbocycles. The first-order valence-electron chi connectivity index (χ1n) is 6.05. The lowest BCUT2D eigenvalue weighted by Crippen LogP contribution is -2.24. The molecule has 1 rings (SSSR count). The Morgan fingerprint density at radius 1 is 1.40 bits per heavy atom. The lowest BCUT2D eigenvalue weighted by molar-refractivity contribution is -0.137. The standard InChI is InChI=1S/C12H23NO2/c1-9(2-4-10-5-6-10)3-7-11(13)8-12(14)15/h9-11H,2-8,13H2,1H3,(H,14,15)/t9-,11-/m0/s1. The lowest BCUT2D eigenvalue weighted by Gasteiger charge is -2.13. The summed E-state index contributed by atoms with van der Waals surface area (Å²) in [6, 6.07) is -0.161. The summed E-state index contributed by atoms with van der Waals surface area (Å²) >= 11 is 0. The zero-order valence-corrected chi connectivity index (χ0v) is 9.61. The minimum atomic E-state index is -0.784. The first-order chi connectivity index (χ1) is 7.08. The molecule has 0 aliphatic heterocycles. The quantitative estimate of drug-likeness (QED) is 0.650. The van der Waals surface area contributed by atoms with Crippen molar-refractivity contribution in [1.82, 2.24) is 0 Å². The van der Waals surface area contributed by atoms with E-state index in [-0.39, 0.29) is 12.5 Å². The number of carboxylic acid groups (broad SMARTS) is 1. The Morgan fingerprint density at radius 2 is 2.07 bits per heavy atom. The fourth-order valence-corrected chi connectivity index (χ4v) is 1.90. The Hall–Kier alpha value is -0.570. The summed E-state index contributed by atoms with van der Waals surface area (Å²) in [5, 5.41) is 8.55. The van der Waals surface area contributed by atoms with Crippen LogP contribution in [0.1, 0.15) is 51.9 Å². The summed E-state index contributed by atoms with van der Waals surface area (Å²) in [5.41, 5.74) is 5.71. The van der Waals surface area contributed by atoms with Crippen LogP contribution in [-0.4, -0.2) is 17.1 Å². The maximum Gasteiger partial charge on any atom is 0.304 e. The first kappa shape index (κ1) is 12.5. The maximum absolute atomic E-state index is 10.4. The van der Waals surface area contributed by atoms with Crippen molar-refractivity contribution in [3.63, 3.8) is 0 Å². The van der Waals surface area contributed by atoms with Crippen molar-refractivity contribution in [1.29, 1.82) is 0 Å². The van der Waals surface area contributed by atoms with E-state index in [1.165, 1.54) is 25.7 Å². The molecule has 3 heteroatoms. The minimum absolute atomic E-state index is 0.106. The van der Waals surface area contributed by atoms with Gasteiger partial charge in [0.1, 0.15) is 0 Å². The van der Waals surface area contributed by atoms with Crippen LogP contribution in [0.5, 0.6) is 0 Å². The van der Waals surface area contributed by atoms with Crippen molar-refractivity contribution in [3.05, 3.63) is 0 Å². The van der Waals surface area contributed by atoms with E-state index < -0.39 is 5.97 Å². The van der Waals surface area contributed by atoms with Crippen LogP contribution in [0, 0.1) is 11.8 Å². The molecule has 1 saturated carbocycles. The number of aliphatic carboxylic acids is 1. The summed E-state index contributed by atoms with van der Waals surface area (Å²) in [6.45, 7) is 2.25. The average molecular weight is 213 g/mol. The molecule has 0 heterocycles. The highest BCUT2D eigenvalue weighted by atomic mass is 16.4. The van der Waals surface area contributed by atoms with Gasteiger partial charge in [-0.3, -0.25) is 4.79 Å². The summed E-state index contributed by atoms with van der Waals surface area (Å²) in [4.78, 5) is 10.4. The van der Waals surface area contributed by atoms with Crippen molar-refractivity contribution in [3.8, 4) is 0 Å². The van der Waals surface area contributed by atoms with E-state index in [1.54, 1.807) is 0 Å². The highest BCUT2D eigenvalue weighted by Crippen LogP contribution is 2.35. The maximum atomic E-state index is 10.4. The second kappa shape index (κ2) is 6.11. The van der Waals surface area contributed by atoms with Crippen LogP contribution in [0.4, 0.5) is 0 Å². The fraction of sp³-hybridized carbons (Fsp3) is 0.917. The second-order valence-electron chi connectivity index (χ2n) is 5.06. The monoisotopic (exact) mass is 213 g/mol. The van der Waals surface area contributed by atoms with Crippen LogP contribution in [0.3, 0.4) is 0 Å². The van der Waals surface area contributed by atoms with Gasteiger partial charge in [0.25, 0.3) is 0 Å². The summed E-state index contributed by atoms with van der Waals surface area (Å²) in [7, 11) is 0. The molecule has 2 atom stereocenters. The zero-order valence-electron chi connectivity index (χ0n) is 9.61. The number of hydrogen-bond donors (Lipinski definition) is 2. The van der Waals surface area contributed by atoms with Gasteiger partial charge in [-0.05, 0) is 24.7 Å². The van der Waals surface area contributed by atoms with Crippen LogP contribution in [0.15, 0.2) is 0 Å². The van der Waals surface area contributed by atoms with Gasteiger partial charge >= 0.3 is 5.97 Å². The number of hydrogen-bond acceptors (Lipinski definition) is 2. The van der Waals surface area contributed by atoms with Crippen molar-refractivity contribution in [2.45, 2.75) is 57.9 Å². The van der Waals surface area contributed by atoms with Crippen LogP contribution in [0.2, 0.25) is 0 Å². The fourth-order valence-electron chi connectivity index (χ4n) is 1.90. The molecular weight excluding hydrogens is 190 g/mol. The third kappa shape index (κ3) is 6.50. The van der Waals surface area contributed by atoms with Crippen molar-refractivity contribution in [2.24, 2.45) is 17.6 Å². The topological polar surface area (TPSA) is 63.3 Å². The Kier molecular flexibility index (Phi) is 5.09. The van der Waals surface area contributed by atoms with Gasteiger partial charge in [-0.1, -0.05) is 32.6 Å². The summed E-state index contributed by atoms with van der Waals surface area (Å²) in [5.74, 6) is 0.915. The molecule has 1 fully saturated rings. The predicted molar refractivity (Wildman–Crippen MR) is 60.6 cm³/mol. The van der Waals surface area contributed by atoms with Gasteiger partial charge in [-0.25, -0.2) is 0 Å². The average Bonchev–Trinajstić information content (AvgIpc) is 2.93. The number of carboxylic acids is 1. The third-order valence-corrected chi connectivity index (χ3v) is 3.23. The van der Waals surface area contributed by atoms with Crippen LogP contribution < -0.4 is 5.73 Å². The van der Waals surface area contributed by atoms with E-state index in [9.17, 15) is 4.79 Å². The van der Waals surface area contributed by atoms with E-state index in [1.807, 2.05) is 0 Å². The van der Waals surface area contributed by atoms with Crippen molar-refractivity contribution in [2.75, 3.05) is 0 Å². The van der Waals surface area contributed by atoms with E-state index >= 15 is 0 Å². The van der Waals surface area contributed by atoms with Crippen molar-refractivity contribution < 1.29 is 9.90 Å². The summed E-state index contributed by atoms with van der Waals surface area (Å²) < 4.78 is 0. The van der Waals surface area contributed by atoms with Gasteiger partial charge in [0, 0.05) is 6.04 Å². The molecule has 88 valence electrons. The molecular formula is C12H23NO2. The number of carbonyl (C=O) groups is 1.